The third-order valence-electron chi connectivity index (χ3n) is 2.43. The third kappa shape index (κ3) is 4.78. The summed E-state index contributed by atoms with van der Waals surface area (Å²) in [6.07, 6.45) is 1.66. The van der Waals surface area contributed by atoms with Crippen LogP contribution < -0.4 is 10.1 Å². The average Bonchev–Trinajstić information content (AvgIpc) is 2.30. The first-order valence-electron chi connectivity index (χ1n) is 6.06. The second kappa shape index (κ2) is 6.80. The van der Waals surface area contributed by atoms with Crippen molar-refractivity contribution in [3.8, 4) is 11.8 Å². The minimum absolute atomic E-state index is 0.191. The number of nitriles is 1. The summed E-state index contributed by atoms with van der Waals surface area (Å²) in [7, 11) is 0. The number of ether oxygens (including phenoxy) is 1. The van der Waals surface area contributed by atoms with E-state index >= 15 is 0 Å². The molecule has 3 nitrogen and oxygen atoms in total. The molecule has 1 N–H and O–H groups in total. The predicted octanol–water partition coefficient (Wildman–Crippen LogP) is 3.58. The van der Waals surface area contributed by atoms with E-state index in [1.165, 1.54) is 0 Å². The Balaban J connectivity index is 2.58. The number of nitrogens with one attached hydrogen (secondary N) is 1. The summed E-state index contributed by atoms with van der Waals surface area (Å²) < 4.78 is 5.57. The predicted molar refractivity (Wildman–Crippen MR) is 70.1 cm³/mol. The number of hydrogen-bond donors (Lipinski definition) is 1. The van der Waals surface area contributed by atoms with Crippen LogP contribution in [0, 0.1) is 11.3 Å². The lowest BCUT2D eigenvalue weighted by Gasteiger charge is -2.16. The molecule has 0 saturated carbocycles. The fraction of sp³-hybridized carbons (Fsp3) is 0.500. The smallest absolute Gasteiger partial charge is 0.119 e. The Morgan fingerprint density at radius 2 is 1.94 bits per heavy atom. The zero-order valence-electron chi connectivity index (χ0n) is 10.7. The molecule has 0 spiro atoms. The second-order valence-corrected chi connectivity index (χ2v) is 4.30. The molecule has 1 atom stereocenters. The van der Waals surface area contributed by atoms with Gasteiger partial charge in [-0.15, -0.1) is 0 Å². The Morgan fingerprint density at radius 3 is 2.41 bits per heavy atom. The number of anilines is 1. The molecule has 3 heteroatoms. The highest BCUT2D eigenvalue weighted by Crippen LogP contribution is 2.18. The summed E-state index contributed by atoms with van der Waals surface area (Å²) in [5, 5.41) is 12.0. The monoisotopic (exact) mass is 232 g/mol. The van der Waals surface area contributed by atoms with Crippen LogP contribution in [0.3, 0.4) is 0 Å². The highest BCUT2D eigenvalue weighted by Gasteiger charge is 2.05. The molecule has 1 unspecified atom stereocenters. The SMILES string of the molecule is CCC(CC#N)Nc1ccc(OC(C)C)cc1. The van der Waals surface area contributed by atoms with Gasteiger partial charge >= 0.3 is 0 Å². The standard InChI is InChI=1S/C14H20N2O/c1-4-12(9-10-15)16-13-5-7-14(8-6-13)17-11(2)3/h5-8,11-12,16H,4,9H2,1-3H3. The fourth-order valence-electron chi connectivity index (χ4n) is 1.55. The molecule has 0 radical (unpaired) electrons. The highest BCUT2D eigenvalue weighted by molar-refractivity contribution is 5.47. The largest absolute Gasteiger partial charge is 0.491 e. The maximum absolute atomic E-state index is 8.68. The van der Waals surface area contributed by atoms with E-state index < -0.39 is 0 Å². The summed E-state index contributed by atoms with van der Waals surface area (Å²) in [5.41, 5.74) is 1.03. The molecule has 0 amide bonds. The molecular formula is C14H20N2O. The van der Waals surface area contributed by atoms with Gasteiger partial charge in [0, 0.05) is 11.7 Å². The quantitative estimate of drug-likeness (QED) is 0.815. The summed E-state index contributed by atoms with van der Waals surface area (Å²) in [4.78, 5) is 0. The first kappa shape index (κ1) is 13.4. The fourth-order valence-corrected chi connectivity index (χ4v) is 1.55. The summed E-state index contributed by atoms with van der Waals surface area (Å²) in [6, 6.07) is 10.3. The molecule has 17 heavy (non-hydrogen) atoms. The van der Waals surface area contributed by atoms with Crippen LogP contribution in [0.5, 0.6) is 5.75 Å². The molecule has 0 saturated heterocycles. The van der Waals surface area contributed by atoms with Crippen molar-refractivity contribution in [1.29, 1.82) is 5.26 Å². The van der Waals surface area contributed by atoms with Crippen LogP contribution in [0.25, 0.3) is 0 Å². The normalized spacial score (nSPS) is 11.9. The molecular weight excluding hydrogens is 212 g/mol. The van der Waals surface area contributed by atoms with Crippen molar-refractivity contribution in [3.05, 3.63) is 24.3 Å². The van der Waals surface area contributed by atoms with Crippen LogP contribution in [-0.2, 0) is 0 Å². The topological polar surface area (TPSA) is 45.0 Å². The zero-order valence-corrected chi connectivity index (χ0v) is 10.7. The molecule has 1 rings (SSSR count). The van der Waals surface area contributed by atoms with Gasteiger partial charge in [0.2, 0.25) is 0 Å². The van der Waals surface area contributed by atoms with Crippen molar-refractivity contribution >= 4 is 5.69 Å². The molecule has 1 aromatic carbocycles. The lowest BCUT2D eigenvalue weighted by molar-refractivity contribution is 0.242. The van der Waals surface area contributed by atoms with Gasteiger partial charge in [-0.3, -0.25) is 0 Å². The van der Waals surface area contributed by atoms with E-state index in [4.69, 9.17) is 10.00 Å². The first-order chi connectivity index (χ1) is 8.15. The average molecular weight is 232 g/mol. The number of nitrogens with zero attached hydrogens (tertiary/aromatic N) is 1. The molecule has 0 aliphatic carbocycles. The Labute approximate surface area is 103 Å². The number of rotatable bonds is 6. The minimum Gasteiger partial charge on any atom is -0.491 e. The van der Waals surface area contributed by atoms with Gasteiger partial charge in [0.05, 0.1) is 18.6 Å². The molecule has 1 aromatic rings. The van der Waals surface area contributed by atoms with E-state index in [0.29, 0.717) is 6.42 Å². The Morgan fingerprint density at radius 1 is 1.29 bits per heavy atom. The molecule has 0 fully saturated rings. The van der Waals surface area contributed by atoms with E-state index in [2.05, 4.69) is 18.3 Å². The number of benzene rings is 1. The van der Waals surface area contributed by atoms with Crippen molar-refractivity contribution in [2.75, 3.05) is 5.32 Å². The first-order valence-corrected chi connectivity index (χ1v) is 6.06. The molecule has 0 heterocycles. The third-order valence-corrected chi connectivity index (χ3v) is 2.43. The Bertz CT molecular complexity index is 365. The van der Waals surface area contributed by atoms with Gasteiger partial charge in [-0.25, -0.2) is 0 Å². The maximum Gasteiger partial charge on any atom is 0.119 e. The van der Waals surface area contributed by atoms with Crippen LogP contribution in [0.15, 0.2) is 24.3 Å². The van der Waals surface area contributed by atoms with Gasteiger partial charge in [0.1, 0.15) is 5.75 Å². The summed E-state index contributed by atoms with van der Waals surface area (Å²) in [5.74, 6) is 0.874. The Hall–Kier alpha value is -1.69. The van der Waals surface area contributed by atoms with Crippen molar-refractivity contribution in [2.45, 2.75) is 45.8 Å². The minimum atomic E-state index is 0.191. The zero-order chi connectivity index (χ0) is 12.7. The van der Waals surface area contributed by atoms with Gasteiger partial charge in [-0.1, -0.05) is 6.92 Å². The van der Waals surface area contributed by atoms with Gasteiger partial charge in [0.15, 0.2) is 0 Å². The highest BCUT2D eigenvalue weighted by atomic mass is 16.5. The summed E-state index contributed by atoms with van der Waals surface area (Å²) in [6.45, 7) is 6.09. The van der Waals surface area contributed by atoms with Crippen molar-refractivity contribution in [1.82, 2.24) is 0 Å². The second-order valence-electron chi connectivity index (χ2n) is 4.30. The maximum atomic E-state index is 8.68. The molecule has 0 aliphatic heterocycles. The van der Waals surface area contributed by atoms with E-state index in [1.807, 2.05) is 38.1 Å². The van der Waals surface area contributed by atoms with Crippen LogP contribution in [0.4, 0.5) is 5.69 Å². The number of hydrogen-bond acceptors (Lipinski definition) is 3. The van der Waals surface area contributed by atoms with E-state index in [1.54, 1.807) is 0 Å². The van der Waals surface area contributed by atoms with Crippen molar-refractivity contribution < 1.29 is 4.74 Å². The van der Waals surface area contributed by atoms with Crippen LogP contribution in [0.2, 0.25) is 0 Å². The molecule has 0 bridgehead atoms. The van der Waals surface area contributed by atoms with Crippen molar-refractivity contribution in [2.24, 2.45) is 0 Å². The van der Waals surface area contributed by atoms with E-state index in [9.17, 15) is 0 Å². The van der Waals surface area contributed by atoms with Crippen LogP contribution in [-0.4, -0.2) is 12.1 Å². The van der Waals surface area contributed by atoms with Crippen molar-refractivity contribution in [3.63, 3.8) is 0 Å². The lowest BCUT2D eigenvalue weighted by atomic mass is 10.1. The van der Waals surface area contributed by atoms with Gasteiger partial charge in [-0.05, 0) is 44.5 Å². The molecule has 92 valence electrons. The van der Waals surface area contributed by atoms with E-state index in [-0.39, 0.29) is 12.1 Å². The van der Waals surface area contributed by atoms with Gasteiger partial charge in [0.25, 0.3) is 0 Å². The van der Waals surface area contributed by atoms with Gasteiger partial charge < -0.3 is 10.1 Å². The Kier molecular flexibility index (Phi) is 5.35. The lowest BCUT2D eigenvalue weighted by Crippen LogP contribution is -2.17. The van der Waals surface area contributed by atoms with Crippen LogP contribution >= 0.6 is 0 Å². The van der Waals surface area contributed by atoms with Gasteiger partial charge in [-0.2, -0.15) is 5.26 Å². The molecule has 0 aliphatic rings. The summed E-state index contributed by atoms with van der Waals surface area (Å²) >= 11 is 0. The van der Waals surface area contributed by atoms with E-state index in [0.717, 1.165) is 17.9 Å². The van der Waals surface area contributed by atoms with Crippen LogP contribution in [0.1, 0.15) is 33.6 Å². The molecule has 0 aromatic heterocycles.